The van der Waals surface area contributed by atoms with E-state index in [1.54, 1.807) is 10.4 Å². The van der Waals surface area contributed by atoms with Crippen LogP contribution in [0.1, 0.15) is 54.8 Å². The maximum atomic E-state index is 2.34. The molecule has 0 bridgehead atoms. The maximum absolute atomic E-state index is 2.34. The zero-order valence-electron chi connectivity index (χ0n) is 8.64. The second kappa shape index (κ2) is 3.61. The summed E-state index contributed by atoms with van der Waals surface area (Å²) < 4.78 is 0. The third kappa shape index (κ3) is 1.89. The summed E-state index contributed by atoms with van der Waals surface area (Å²) in [7, 11) is 0. The number of thiophene rings is 1. The lowest BCUT2D eigenvalue weighted by molar-refractivity contribution is 0.809. The Labute approximate surface area is 79.6 Å². The summed E-state index contributed by atoms with van der Waals surface area (Å²) in [5.74, 6) is 1.36. The fraction of sp³-hybridized carbons (Fsp3) is 0.636. The lowest BCUT2D eigenvalue weighted by atomic mass is 9.99. The Balaban J connectivity index is 3.08. The van der Waals surface area contributed by atoms with Crippen molar-refractivity contribution in [1.29, 1.82) is 0 Å². The van der Waals surface area contributed by atoms with E-state index >= 15 is 0 Å². The van der Waals surface area contributed by atoms with Crippen LogP contribution >= 0.6 is 11.3 Å². The number of hydrogen-bond donors (Lipinski definition) is 0. The molecule has 0 unspecified atom stereocenters. The van der Waals surface area contributed by atoms with E-state index in [0.29, 0.717) is 11.8 Å². The first-order chi connectivity index (χ1) is 5.52. The summed E-state index contributed by atoms with van der Waals surface area (Å²) in [5.41, 5.74) is 1.55. The predicted octanol–water partition coefficient (Wildman–Crippen LogP) is 4.30. The van der Waals surface area contributed by atoms with Crippen molar-refractivity contribution in [1.82, 2.24) is 0 Å². The van der Waals surface area contributed by atoms with Crippen LogP contribution in [0.25, 0.3) is 0 Å². The smallest absolute Gasteiger partial charge is 0.0108 e. The minimum Gasteiger partial charge on any atom is -0.145 e. The molecule has 0 aliphatic carbocycles. The highest BCUT2D eigenvalue weighted by Crippen LogP contribution is 2.33. The fourth-order valence-electron chi connectivity index (χ4n) is 1.45. The Hall–Kier alpha value is -0.300. The van der Waals surface area contributed by atoms with Gasteiger partial charge in [0.25, 0.3) is 0 Å². The van der Waals surface area contributed by atoms with Gasteiger partial charge in [-0.1, -0.05) is 27.7 Å². The molecular weight excluding hydrogens is 164 g/mol. The molecule has 1 aromatic heterocycles. The summed E-state index contributed by atoms with van der Waals surface area (Å²) in [6.45, 7) is 11.3. The largest absolute Gasteiger partial charge is 0.145 e. The lowest BCUT2D eigenvalue weighted by Gasteiger charge is -2.08. The van der Waals surface area contributed by atoms with Gasteiger partial charge in [-0.15, -0.1) is 11.3 Å². The first kappa shape index (κ1) is 9.79. The third-order valence-corrected chi connectivity index (χ3v) is 3.43. The van der Waals surface area contributed by atoms with Crippen molar-refractivity contribution in [2.45, 2.75) is 46.5 Å². The van der Waals surface area contributed by atoms with Crippen LogP contribution in [0.3, 0.4) is 0 Å². The van der Waals surface area contributed by atoms with E-state index in [-0.39, 0.29) is 0 Å². The Kier molecular flexibility index (Phi) is 2.94. The zero-order chi connectivity index (χ0) is 9.30. The van der Waals surface area contributed by atoms with Crippen LogP contribution < -0.4 is 0 Å². The molecule has 1 heteroatoms. The van der Waals surface area contributed by atoms with Gasteiger partial charge in [0.2, 0.25) is 0 Å². The van der Waals surface area contributed by atoms with Crippen LogP contribution in [0.4, 0.5) is 0 Å². The summed E-state index contributed by atoms with van der Waals surface area (Å²) in [6, 6.07) is 2.34. The summed E-state index contributed by atoms with van der Waals surface area (Å²) in [4.78, 5) is 3.02. The fourth-order valence-corrected chi connectivity index (χ4v) is 2.64. The molecule has 1 rings (SSSR count). The van der Waals surface area contributed by atoms with Gasteiger partial charge in [-0.05, 0) is 30.4 Å². The van der Waals surface area contributed by atoms with Crippen molar-refractivity contribution in [3.8, 4) is 0 Å². The standard InChI is InChI=1S/C11H18S/c1-7(2)10-6-9(5)12-11(10)8(3)4/h6-8H,1-5H3. The van der Waals surface area contributed by atoms with Gasteiger partial charge in [-0.3, -0.25) is 0 Å². The first-order valence-electron chi connectivity index (χ1n) is 4.62. The number of aryl methyl sites for hydroxylation is 1. The summed E-state index contributed by atoms with van der Waals surface area (Å²) in [5, 5.41) is 0. The monoisotopic (exact) mass is 182 g/mol. The van der Waals surface area contributed by atoms with Crippen molar-refractivity contribution in [2.24, 2.45) is 0 Å². The normalized spacial score (nSPS) is 11.6. The van der Waals surface area contributed by atoms with E-state index in [2.05, 4.69) is 40.7 Å². The highest BCUT2D eigenvalue weighted by Gasteiger charge is 2.12. The topological polar surface area (TPSA) is 0 Å². The minimum atomic E-state index is 0.673. The van der Waals surface area contributed by atoms with Crippen molar-refractivity contribution < 1.29 is 0 Å². The van der Waals surface area contributed by atoms with Crippen LogP contribution in [0.15, 0.2) is 6.07 Å². The van der Waals surface area contributed by atoms with Gasteiger partial charge < -0.3 is 0 Å². The summed E-state index contributed by atoms with van der Waals surface area (Å²) >= 11 is 1.95. The molecule has 0 radical (unpaired) electrons. The highest BCUT2D eigenvalue weighted by atomic mass is 32.1. The third-order valence-electron chi connectivity index (χ3n) is 2.06. The van der Waals surface area contributed by atoms with E-state index in [4.69, 9.17) is 0 Å². The van der Waals surface area contributed by atoms with Crippen molar-refractivity contribution in [3.05, 3.63) is 21.4 Å². The van der Waals surface area contributed by atoms with Gasteiger partial charge in [-0.25, -0.2) is 0 Å². The molecule has 0 fully saturated rings. The minimum absolute atomic E-state index is 0.673. The van der Waals surface area contributed by atoms with Crippen LogP contribution in [0.5, 0.6) is 0 Å². The van der Waals surface area contributed by atoms with Crippen molar-refractivity contribution in [2.75, 3.05) is 0 Å². The SMILES string of the molecule is Cc1cc(C(C)C)c(C(C)C)s1. The van der Waals surface area contributed by atoms with Gasteiger partial charge in [0.15, 0.2) is 0 Å². The zero-order valence-corrected chi connectivity index (χ0v) is 9.46. The Morgan fingerprint density at radius 3 is 2.00 bits per heavy atom. The van der Waals surface area contributed by atoms with Crippen molar-refractivity contribution in [3.63, 3.8) is 0 Å². The number of rotatable bonds is 2. The van der Waals surface area contributed by atoms with Crippen LogP contribution in [0.2, 0.25) is 0 Å². The molecule has 68 valence electrons. The molecule has 1 heterocycles. The van der Waals surface area contributed by atoms with Crippen LogP contribution in [0, 0.1) is 6.92 Å². The molecule has 0 aliphatic heterocycles. The van der Waals surface area contributed by atoms with Crippen molar-refractivity contribution >= 4 is 11.3 Å². The molecule has 0 aromatic carbocycles. The highest BCUT2D eigenvalue weighted by molar-refractivity contribution is 7.12. The Morgan fingerprint density at radius 2 is 1.67 bits per heavy atom. The molecular formula is C11H18S. The maximum Gasteiger partial charge on any atom is 0.0108 e. The second-order valence-corrected chi connectivity index (χ2v) is 5.27. The van der Waals surface area contributed by atoms with Gasteiger partial charge in [-0.2, -0.15) is 0 Å². The molecule has 1 aromatic rings. The molecule has 12 heavy (non-hydrogen) atoms. The number of hydrogen-bond acceptors (Lipinski definition) is 1. The molecule has 0 nitrogen and oxygen atoms in total. The molecule has 0 N–H and O–H groups in total. The Bertz CT molecular complexity index is 230. The average Bonchev–Trinajstić information content (AvgIpc) is 2.31. The van der Waals surface area contributed by atoms with Crippen LogP contribution in [-0.4, -0.2) is 0 Å². The lowest BCUT2D eigenvalue weighted by Crippen LogP contribution is -1.91. The van der Waals surface area contributed by atoms with Gasteiger partial charge in [0, 0.05) is 9.75 Å². The van der Waals surface area contributed by atoms with E-state index in [1.807, 2.05) is 11.3 Å². The Morgan fingerprint density at radius 1 is 1.08 bits per heavy atom. The molecule has 0 amide bonds. The second-order valence-electron chi connectivity index (χ2n) is 3.99. The van der Waals surface area contributed by atoms with E-state index < -0.39 is 0 Å². The van der Waals surface area contributed by atoms with E-state index in [1.165, 1.54) is 4.88 Å². The molecule has 0 saturated carbocycles. The quantitative estimate of drug-likeness (QED) is 0.639. The van der Waals surface area contributed by atoms with E-state index in [9.17, 15) is 0 Å². The predicted molar refractivity (Wildman–Crippen MR) is 57.2 cm³/mol. The summed E-state index contributed by atoms with van der Waals surface area (Å²) in [6.07, 6.45) is 0. The van der Waals surface area contributed by atoms with Gasteiger partial charge in [0.05, 0.1) is 0 Å². The molecule has 0 atom stereocenters. The first-order valence-corrected chi connectivity index (χ1v) is 5.44. The van der Waals surface area contributed by atoms with Crippen LogP contribution in [-0.2, 0) is 0 Å². The van der Waals surface area contributed by atoms with Gasteiger partial charge in [0.1, 0.15) is 0 Å². The van der Waals surface area contributed by atoms with Gasteiger partial charge >= 0.3 is 0 Å². The van der Waals surface area contributed by atoms with E-state index in [0.717, 1.165) is 0 Å². The molecule has 0 spiro atoms. The average molecular weight is 182 g/mol. The molecule has 0 saturated heterocycles. The molecule has 0 aliphatic rings.